The van der Waals surface area contributed by atoms with Gasteiger partial charge in [-0.25, -0.2) is 9.97 Å². The number of nitrogens with two attached hydrogens (primary N) is 1. The Morgan fingerprint density at radius 1 is 1.39 bits per heavy atom. The molecule has 2 aromatic rings. The van der Waals surface area contributed by atoms with Crippen LogP contribution >= 0.6 is 11.8 Å². The Morgan fingerprint density at radius 3 is 3.00 bits per heavy atom. The molecule has 3 heterocycles. The topological polar surface area (TPSA) is 69.6 Å². The van der Waals surface area contributed by atoms with Gasteiger partial charge >= 0.3 is 0 Å². The first-order valence-electron chi connectivity index (χ1n) is 5.95. The van der Waals surface area contributed by atoms with E-state index in [-0.39, 0.29) is 0 Å². The minimum Gasteiger partial charge on any atom is -0.383 e. The number of hydrogen-bond donors (Lipinski definition) is 1. The van der Waals surface area contributed by atoms with Crippen molar-refractivity contribution in [2.75, 3.05) is 5.73 Å². The van der Waals surface area contributed by atoms with Crippen LogP contribution in [0.2, 0.25) is 0 Å². The smallest absolute Gasteiger partial charge is 0.165 e. The van der Waals surface area contributed by atoms with Crippen molar-refractivity contribution in [1.29, 1.82) is 0 Å². The molecule has 94 valence electrons. The molecule has 2 N–H and O–H groups in total. The monoisotopic (exact) mass is 261 g/mol. The summed E-state index contributed by atoms with van der Waals surface area (Å²) in [7, 11) is 1.91. The van der Waals surface area contributed by atoms with Crippen LogP contribution < -0.4 is 5.73 Å². The van der Waals surface area contributed by atoms with Crippen molar-refractivity contribution in [3.8, 4) is 11.4 Å². The van der Waals surface area contributed by atoms with E-state index in [9.17, 15) is 0 Å². The van der Waals surface area contributed by atoms with Gasteiger partial charge in [-0.05, 0) is 6.42 Å². The van der Waals surface area contributed by atoms with E-state index in [2.05, 4.69) is 22.0 Å². The lowest BCUT2D eigenvalue weighted by molar-refractivity contribution is 0.746. The molecule has 18 heavy (non-hydrogen) atoms. The first-order chi connectivity index (χ1) is 8.69. The van der Waals surface area contributed by atoms with Gasteiger partial charge in [0.25, 0.3) is 0 Å². The highest BCUT2D eigenvalue weighted by atomic mass is 32.2. The minimum atomic E-state index is 0.617. The van der Waals surface area contributed by atoms with Gasteiger partial charge in [0, 0.05) is 30.3 Å². The first-order valence-corrected chi connectivity index (χ1v) is 7.10. The third-order valence-electron chi connectivity index (χ3n) is 3.09. The fraction of sp³-hybridized carbons (Fsp3) is 0.417. The molecule has 0 spiro atoms. The highest BCUT2D eigenvalue weighted by Crippen LogP contribution is 2.33. The van der Waals surface area contributed by atoms with Gasteiger partial charge in [0.1, 0.15) is 5.82 Å². The molecule has 0 fully saturated rings. The molecule has 2 aromatic heterocycles. The highest BCUT2D eigenvalue weighted by Gasteiger charge is 2.20. The van der Waals surface area contributed by atoms with Gasteiger partial charge in [-0.2, -0.15) is 16.9 Å². The third-order valence-corrected chi connectivity index (χ3v) is 4.06. The van der Waals surface area contributed by atoms with Crippen molar-refractivity contribution in [3.05, 3.63) is 23.1 Å². The number of fused-ring (bicyclic) bond motifs is 1. The molecule has 5 nitrogen and oxygen atoms in total. The lowest BCUT2D eigenvalue weighted by atomic mass is 10.2. The predicted octanol–water partition coefficient (Wildman–Crippen LogP) is 1.77. The number of hydrogen-bond acceptors (Lipinski definition) is 5. The Labute approximate surface area is 110 Å². The molecule has 0 aromatic carbocycles. The van der Waals surface area contributed by atoms with E-state index in [0.717, 1.165) is 40.4 Å². The van der Waals surface area contributed by atoms with E-state index in [4.69, 9.17) is 5.73 Å². The minimum absolute atomic E-state index is 0.617. The summed E-state index contributed by atoms with van der Waals surface area (Å²) in [6.07, 6.45) is 2.83. The number of aryl methyl sites for hydroxylation is 2. The summed E-state index contributed by atoms with van der Waals surface area (Å²) in [6.45, 7) is 2.08. The van der Waals surface area contributed by atoms with Gasteiger partial charge in [0.05, 0.1) is 17.0 Å². The van der Waals surface area contributed by atoms with Crippen LogP contribution in [0, 0.1) is 0 Å². The van der Waals surface area contributed by atoms with Crippen LogP contribution in [0.4, 0.5) is 5.82 Å². The number of anilines is 1. The maximum atomic E-state index is 6.02. The molecule has 6 heteroatoms. The van der Waals surface area contributed by atoms with Crippen LogP contribution in [-0.4, -0.2) is 19.7 Å². The standard InChI is InChI=1S/C12H15N5S/c1-3-9-7(4-17(2)16-9)12-14-10-6-18-5-8(10)11(13)15-12/h4H,3,5-6H2,1-2H3,(H2,13,14,15). The van der Waals surface area contributed by atoms with Crippen LogP contribution in [0.25, 0.3) is 11.4 Å². The summed E-state index contributed by atoms with van der Waals surface area (Å²) in [6, 6.07) is 0. The maximum Gasteiger partial charge on any atom is 0.165 e. The number of rotatable bonds is 2. The van der Waals surface area contributed by atoms with Crippen LogP contribution in [0.5, 0.6) is 0 Å². The average Bonchev–Trinajstić information content (AvgIpc) is 2.94. The van der Waals surface area contributed by atoms with E-state index in [1.807, 2.05) is 25.0 Å². The van der Waals surface area contributed by atoms with Gasteiger partial charge in [-0.3, -0.25) is 4.68 Å². The zero-order valence-corrected chi connectivity index (χ0v) is 11.3. The molecule has 0 saturated heterocycles. The molecule has 3 rings (SSSR count). The molecule has 0 saturated carbocycles. The van der Waals surface area contributed by atoms with Crippen molar-refractivity contribution < 1.29 is 0 Å². The van der Waals surface area contributed by atoms with Crippen LogP contribution in [0.1, 0.15) is 23.9 Å². The van der Waals surface area contributed by atoms with E-state index in [0.29, 0.717) is 11.6 Å². The second-order valence-corrected chi connectivity index (χ2v) is 5.35. The van der Waals surface area contributed by atoms with Crippen molar-refractivity contribution in [3.63, 3.8) is 0 Å². The molecule has 0 amide bonds. The Balaban J connectivity index is 2.14. The molecule has 0 radical (unpaired) electrons. The Hall–Kier alpha value is -1.56. The zero-order valence-electron chi connectivity index (χ0n) is 10.5. The summed E-state index contributed by atoms with van der Waals surface area (Å²) in [5.74, 6) is 3.18. The molecule has 0 unspecified atom stereocenters. The van der Waals surface area contributed by atoms with Crippen molar-refractivity contribution in [2.45, 2.75) is 24.9 Å². The van der Waals surface area contributed by atoms with Crippen molar-refractivity contribution in [2.24, 2.45) is 7.05 Å². The Bertz CT molecular complexity index is 605. The van der Waals surface area contributed by atoms with Gasteiger partial charge in [0.2, 0.25) is 0 Å². The Kier molecular flexibility index (Phi) is 2.74. The van der Waals surface area contributed by atoms with Crippen molar-refractivity contribution in [1.82, 2.24) is 19.7 Å². The molecule has 0 atom stereocenters. The molecule has 0 bridgehead atoms. The molecular formula is C12H15N5S. The van der Waals surface area contributed by atoms with Gasteiger partial charge < -0.3 is 5.73 Å². The SMILES string of the molecule is CCc1nn(C)cc1-c1nc(N)c2c(n1)CSC2. The van der Waals surface area contributed by atoms with Crippen molar-refractivity contribution >= 4 is 17.6 Å². The number of nitrogens with zero attached hydrogens (tertiary/aromatic N) is 4. The van der Waals surface area contributed by atoms with E-state index in [1.165, 1.54) is 0 Å². The average molecular weight is 261 g/mol. The van der Waals surface area contributed by atoms with Crippen LogP contribution in [-0.2, 0) is 25.0 Å². The largest absolute Gasteiger partial charge is 0.383 e. The third kappa shape index (κ3) is 1.77. The lowest BCUT2D eigenvalue weighted by Crippen LogP contribution is -2.03. The number of thioether (sulfide) groups is 1. The number of nitrogen functional groups attached to an aromatic ring is 1. The second kappa shape index (κ2) is 4.28. The fourth-order valence-electron chi connectivity index (χ4n) is 2.18. The van der Waals surface area contributed by atoms with E-state index in [1.54, 1.807) is 4.68 Å². The molecule has 0 aliphatic carbocycles. The quantitative estimate of drug-likeness (QED) is 0.892. The summed E-state index contributed by atoms with van der Waals surface area (Å²) >= 11 is 1.83. The number of aromatic nitrogens is 4. The summed E-state index contributed by atoms with van der Waals surface area (Å²) in [5.41, 5.74) is 10.2. The van der Waals surface area contributed by atoms with E-state index < -0.39 is 0 Å². The maximum absolute atomic E-state index is 6.02. The molecular weight excluding hydrogens is 246 g/mol. The van der Waals surface area contributed by atoms with Gasteiger partial charge in [-0.1, -0.05) is 6.92 Å². The predicted molar refractivity (Wildman–Crippen MR) is 73.0 cm³/mol. The summed E-state index contributed by atoms with van der Waals surface area (Å²) < 4.78 is 1.80. The van der Waals surface area contributed by atoms with Crippen LogP contribution in [0.3, 0.4) is 0 Å². The van der Waals surface area contributed by atoms with Gasteiger partial charge in [-0.15, -0.1) is 0 Å². The lowest BCUT2D eigenvalue weighted by Gasteiger charge is -2.05. The molecule has 1 aliphatic rings. The summed E-state index contributed by atoms with van der Waals surface area (Å²) in [5, 5.41) is 4.42. The van der Waals surface area contributed by atoms with E-state index >= 15 is 0 Å². The normalized spacial score (nSPS) is 13.9. The van der Waals surface area contributed by atoms with Crippen LogP contribution in [0.15, 0.2) is 6.20 Å². The first kappa shape index (κ1) is 11.5. The van der Waals surface area contributed by atoms with Gasteiger partial charge in [0.15, 0.2) is 5.82 Å². The Morgan fingerprint density at radius 2 is 2.22 bits per heavy atom. The zero-order chi connectivity index (χ0) is 12.7. The highest BCUT2D eigenvalue weighted by molar-refractivity contribution is 7.98. The second-order valence-electron chi connectivity index (χ2n) is 4.37. The fourth-order valence-corrected chi connectivity index (χ4v) is 3.23. The molecule has 1 aliphatic heterocycles. The summed E-state index contributed by atoms with van der Waals surface area (Å²) in [4.78, 5) is 9.08.